The number of pyridine rings is 1. The molecular formula is C15H22N4O. The van der Waals surface area contributed by atoms with Crippen LogP contribution < -0.4 is 5.32 Å². The van der Waals surface area contributed by atoms with E-state index in [9.17, 15) is 4.79 Å². The summed E-state index contributed by atoms with van der Waals surface area (Å²) in [7, 11) is 0. The van der Waals surface area contributed by atoms with E-state index < -0.39 is 0 Å². The maximum atomic E-state index is 12.5. The second-order valence-corrected chi connectivity index (χ2v) is 5.75. The van der Waals surface area contributed by atoms with Crippen molar-refractivity contribution in [1.82, 2.24) is 20.1 Å². The van der Waals surface area contributed by atoms with Crippen LogP contribution >= 0.6 is 0 Å². The predicted octanol–water partition coefficient (Wildman–Crippen LogP) is 1.38. The molecule has 2 saturated heterocycles. The van der Waals surface area contributed by atoms with Crippen molar-refractivity contribution in [1.29, 1.82) is 0 Å². The van der Waals surface area contributed by atoms with Crippen LogP contribution in [0, 0.1) is 6.92 Å². The van der Waals surface area contributed by atoms with E-state index in [4.69, 9.17) is 0 Å². The molecule has 0 aromatic carbocycles. The smallest absolute Gasteiger partial charge is 0.320 e. The normalized spacial score (nSPS) is 20.8. The van der Waals surface area contributed by atoms with Crippen molar-refractivity contribution < 1.29 is 4.79 Å². The zero-order valence-electron chi connectivity index (χ0n) is 12.0. The number of aromatic nitrogens is 1. The molecule has 5 nitrogen and oxygen atoms in total. The molecule has 0 spiro atoms. The number of rotatable bonds is 3. The van der Waals surface area contributed by atoms with E-state index in [1.54, 1.807) is 0 Å². The van der Waals surface area contributed by atoms with E-state index >= 15 is 0 Å². The number of nitrogens with zero attached hydrogens (tertiary/aromatic N) is 3. The van der Waals surface area contributed by atoms with Gasteiger partial charge in [0.2, 0.25) is 0 Å². The number of amides is 2. The molecular weight excluding hydrogens is 252 g/mol. The highest BCUT2D eigenvalue weighted by Crippen LogP contribution is 2.20. The summed E-state index contributed by atoms with van der Waals surface area (Å²) in [5, 5.41) is 3.35. The fourth-order valence-corrected chi connectivity index (χ4v) is 3.13. The summed E-state index contributed by atoms with van der Waals surface area (Å²) in [6, 6.07) is 2.72. The SMILES string of the molecule is Cc1cncc(CN2CCN(C3CCNCC3)C2=O)c1. The van der Waals surface area contributed by atoms with Gasteiger partial charge in [-0.05, 0) is 44.0 Å². The van der Waals surface area contributed by atoms with Gasteiger partial charge in [-0.2, -0.15) is 0 Å². The monoisotopic (exact) mass is 274 g/mol. The molecule has 2 amide bonds. The zero-order chi connectivity index (χ0) is 13.9. The summed E-state index contributed by atoms with van der Waals surface area (Å²) in [5.74, 6) is 0. The van der Waals surface area contributed by atoms with Crippen LogP contribution in [-0.2, 0) is 6.54 Å². The molecule has 0 aliphatic carbocycles. The Morgan fingerprint density at radius 3 is 2.85 bits per heavy atom. The van der Waals surface area contributed by atoms with Crippen LogP contribution in [0.3, 0.4) is 0 Å². The van der Waals surface area contributed by atoms with Crippen molar-refractivity contribution in [3.05, 3.63) is 29.6 Å². The number of nitrogens with one attached hydrogen (secondary N) is 1. The summed E-state index contributed by atoms with van der Waals surface area (Å²) >= 11 is 0. The standard InChI is InChI=1S/C15H22N4O/c1-12-8-13(10-17-9-12)11-18-6-7-19(15(18)20)14-2-4-16-5-3-14/h8-10,14,16H,2-7,11H2,1H3. The minimum absolute atomic E-state index is 0.193. The van der Waals surface area contributed by atoms with Crippen LogP contribution in [0.2, 0.25) is 0 Å². The first kappa shape index (κ1) is 13.4. The molecule has 20 heavy (non-hydrogen) atoms. The number of piperidine rings is 1. The van der Waals surface area contributed by atoms with Crippen molar-refractivity contribution in [3.63, 3.8) is 0 Å². The van der Waals surface area contributed by atoms with Crippen LogP contribution in [0.4, 0.5) is 4.79 Å². The first-order valence-electron chi connectivity index (χ1n) is 7.41. The van der Waals surface area contributed by atoms with Crippen molar-refractivity contribution >= 4 is 6.03 Å². The fourth-order valence-electron chi connectivity index (χ4n) is 3.13. The summed E-state index contributed by atoms with van der Waals surface area (Å²) in [6.07, 6.45) is 5.85. The van der Waals surface area contributed by atoms with Gasteiger partial charge >= 0.3 is 6.03 Å². The Balaban J connectivity index is 1.63. The van der Waals surface area contributed by atoms with E-state index in [2.05, 4.69) is 21.3 Å². The highest BCUT2D eigenvalue weighted by molar-refractivity contribution is 5.76. The summed E-state index contributed by atoms with van der Waals surface area (Å²) in [4.78, 5) is 20.7. The lowest BCUT2D eigenvalue weighted by Crippen LogP contribution is -2.45. The van der Waals surface area contributed by atoms with Gasteiger partial charge in [-0.3, -0.25) is 4.98 Å². The third-order valence-corrected chi connectivity index (χ3v) is 4.18. The van der Waals surface area contributed by atoms with Crippen LogP contribution in [0.25, 0.3) is 0 Å². The molecule has 3 heterocycles. The Kier molecular flexibility index (Phi) is 3.87. The third-order valence-electron chi connectivity index (χ3n) is 4.18. The third kappa shape index (κ3) is 2.77. The zero-order valence-corrected chi connectivity index (χ0v) is 12.0. The average molecular weight is 274 g/mol. The lowest BCUT2D eigenvalue weighted by molar-refractivity contribution is 0.164. The lowest BCUT2D eigenvalue weighted by Gasteiger charge is -2.31. The van der Waals surface area contributed by atoms with Crippen LogP contribution in [-0.4, -0.2) is 53.0 Å². The molecule has 108 valence electrons. The number of hydrogen-bond acceptors (Lipinski definition) is 3. The molecule has 1 aromatic rings. The van der Waals surface area contributed by atoms with Gasteiger partial charge in [-0.25, -0.2) is 4.79 Å². The molecule has 1 N–H and O–H groups in total. The second-order valence-electron chi connectivity index (χ2n) is 5.75. The van der Waals surface area contributed by atoms with E-state index in [-0.39, 0.29) is 6.03 Å². The topological polar surface area (TPSA) is 48.5 Å². The minimum atomic E-state index is 0.193. The van der Waals surface area contributed by atoms with Gasteiger partial charge in [0.15, 0.2) is 0 Å². The molecule has 0 bridgehead atoms. The van der Waals surface area contributed by atoms with Crippen LogP contribution in [0.1, 0.15) is 24.0 Å². The van der Waals surface area contributed by atoms with Crippen molar-refractivity contribution in [3.8, 4) is 0 Å². The largest absolute Gasteiger partial charge is 0.320 e. The molecule has 2 aliphatic heterocycles. The molecule has 0 radical (unpaired) electrons. The predicted molar refractivity (Wildman–Crippen MR) is 77.4 cm³/mol. The van der Waals surface area contributed by atoms with Gasteiger partial charge in [0.05, 0.1) is 0 Å². The van der Waals surface area contributed by atoms with Gasteiger partial charge in [-0.1, -0.05) is 6.07 Å². The quantitative estimate of drug-likeness (QED) is 0.906. The van der Waals surface area contributed by atoms with E-state index in [1.165, 1.54) is 0 Å². The van der Waals surface area contributed by atoms with Gasteiger partial charge in [0.25, 0.3) is 0 Å². The fraction of sp³-hybridized carbons (Fsp3) is 0.600. The molecule has 0 unspecified atom stereocenters. The van der Waals surface area contributed by atoms with Crippen molar-refractivity contribution in [2.75, 3.05) is 26.2 Å². The van der Waals surface area contributed by atoms with Crippen molar-refractivity contribution in [2.24, 2.45) is 0 Å². The number of urea groups is 1. The van der Waals surface area contributed by atoms with E-state index in [0.29, 0.717) is 12.6 Å². The first-order chi connectivity index (χ1) is 9.74. The highest BCUT2D eigenvalue weighted by Gasteiger charge is 2.33. The molecule has 5 heteroatoms. The Morgan fingerprint density at radius 2 is 2.10 bits per heavy atom. The van der Waals surface area contributed by atoms with Crippen LogP contribution in [0.5, 0.6) is 0 Å². The number of carbonyl (C=O) groups is 1. The van der Waals surface area contributed by atoms with Gasteiger partial charge in [-0.15, -0.1) is 0 Å². The minimum Gasteiger partial charge on any atom is -0.320 e. The van der Waals surface area contributed by atoms with E-state index in [1.807, 2.05) is 24.2 Å². The Bertz CT molecular complexity index is 485. The van der Waals surface area contributed by atoms with Crippen molar-refractivity contribution in [2.45, 2.75) is 32.4 Å². The maximum absolute atomic E-state index is 12.5. The van der Waals surface area contributed by atoms with E-state index in [0.717, 1.165) is 50.1 Å². The molecule has 3 rings (SSSR count). The highest BCUT2D eigenvalue weighted by atomic mass is 16.2. The Morgan fingerprint density at radius 1 is 1.30 bits per heavy atom. The molecule has 2 aliphatic rings. The number of aryl methyl sites for hydroxylation is 1. The first-order valence-corrected chi connectivity index (χ1v) is 7.41. The second kappa shape index (κ2) is 5.79. The van der Waals surface area contributed by atoms with Gasteiger partial charge in [0, 0.05) is 38.1 Å². The summed E-state index contributed by atoms with van der Waals surface area (Å²) in [6.45, 7) is 6.45. The molecule has 2 fully saturated rings. The van der Waals surface area contributed by atoms with Gasteiger partial charge in [0.1, 0.15) is 0 Å². The average Bonchev–Trinajstić information content (AvgIpc) is 2.81. The number of carbonyl (C=O) groups excluding carboxylic acids is 1. The Labute approximate surface area is 120 Å². The summed E-state index contributed by atoms with van der Waals surface area (Å²) in [5.41, 5.74) is 2.26. The summed E-state index contributed by atoms with van der Waals surface area (Å²) < 4.78 is 0. The molecule has 1 aromatic heterocycles. The maximum Gasteiger partial charge on any atom is 0.320 e. The lowest BCUT2D eigenvalue weighted by atomic mass is 10.1. The van der Waals surface area contributed by atoms with Crippen LogP contribution in [0.15, 0.2) is 18.5 Å². The molecule has 0 saturated carbocycles. The molecule has 0 atom stereocenters. The van der Waals surface area contributed by atoms with Gasteiger partial charge < -0.3 is 15.1 Å². The Hall–Kier alpha value is -1.62. The number of hydrogen-bond donors (Lipinski definition) is 1.